The third-order valence-electron chi connectivity index (χ3n) is 3.09. The lowest BCUT2D eigenvalue weighted by molar-refractivity contribution is -0.155. The van der Waals surface area contributed by atoms with Crippen LogP contribution in [0.2, 0.25) is 5.02 Å². The van der Waals surface area contributed by atoms with Crippen LogP contribution >= 0.6 is 11.6 Å². The lowest BCUT2D eigenvalue weighted by Crippen LogP contribution is -2.31. The molecular formula is C18H15ClN2O4. The average molecular weight is 359 g/mol. The largest absolute Gasteiger partial charge is 0.482 e. The van der Waals surface area contributed by atoms with Crippen molar-refractivity contribution < 1.29 is 19.1 Å². The molecule has 1 N–H and O–H groups in total. The number of nitrogens with one attached hydrogen (secondary N) is 1. The number of nitrogens with zero attached hydrogens (tertiary/aromatic N) is 1. The topological polar surface area (TPSA) is 88.4 Å². The molecule has 2 aromatic rings. The molecule has 0 aliphatic heterocycles. The zero-order valence-corrected chi connectivity index (χ0v) is 14.1. The number of carbonyl (C=O) groups excluding carboxylic acids is 2. The van der Waals surface area contributed by atoms with Crippen LogP contribution in [0.15, 0.2) is 48.5 Å². The first-order valence-electron chi connectivity index (χ1n) is 7.37. The summed E-state index contributed by atoms with van der Waals surface area (Å²) in [5, 5.41) is 11.9. The number of halogens is 1. The Hall–Kier alpha value is -3.04. The Morgan fingerprint density at radius 2 is 2.00 bits per heavy atom. The predicted molar refractivity (Wildman–Crippen MR) is 92.3 cm³/mol. The van der Waals surface area contributed by atoms with E-state index in [0.717, 1.165) is 0 Å². The summed E-state index contributed by atoms with van der Waals surface area (Å²) in [6.07, 6.45) is -1.01. The van der Waals surface area contributed by atoms with Gasteiger partial charge in [-0.2, -0.15) is 5.26 Å². The lowest BCUT2D eigenvalue weighted by atomic mass is 10.2. The molecule has 7 heteroatoms. The van der Waals surface area contributed by atoms with Crippen molar-refractivity contribution in [2.75, 3.05) is 11.9 Å². The van der Waals surface area contributed by atoms with E-state index >= 15 is 0 Å². The maximum absolute atomic E-state index is 12.0. The number of esters is 1. The zero-order chi connectivity index (χ0) is 18.2. The van der Waals surface area contributed by atoms with Gasteiger partial charge in [-0.05, 0) is 43.3 Å². The summed E-state index contributed by atoms with van der Waals surface area (Å²) in [6.45, 7) is 1.10. The van der Waals surface area contributed by atoms with Crippen LogP contribution in [0, 0.1) is 11.3 Å². The van der Waals surface area contributed by atoms with E-state index in [4.69, 9.17) is 26.3 Å². The number of amides is 1. The van der Waals surface area contributed by atoms with Crippen molar-refractivity contribution in [3.05, 3.63) is 59.1 Å². The van der Waals surface area contributed by atoms with Crippen molar-refractivity contribution in [2.24, 2.45) is 0 Å². The van der Waals surface area contributed by atoms with Crippen molar-refractivity contribution >= 4 is 29.2 Å². The molecule has 6 nitrogen and oxygen atoms in total. The van der Waals surface area contributed by atoms with Gasteiger partial charge in [0, 0.05) is 10.7 Å². The highest BCUT2D eigenvalue weighted by atomic mass is 35.5. The molecule has 25 heavy (non-hydrogen) atoms. The van der Waals surface area contributed by atoms with Gasteiger partial charge in [-0.1, -0.05) is 23.7 Å². The summed E-state index contributed by atoms with van der Waals surface area (Å²) in [4.78, 5) is 23.8. The second-order valence-corrected chi connectivity index (χ2v) is 5.50. The van der Waals surface area contributed by atoms with E-state index in [9.17, 15) is 9.59 Å². The van der Waals surface area contributed by atoms with Crippen LogP contribution in [0.1, 0.15) is 12.5 Å². The number of nitriles is 1. The van der Waals surface area contributed by atoms with Crippen molar-refractivity contribution in [1.29, 1.82) is 5.26 Å². The Kier molecular flexibility index (Phi) is 6.38. The van der Waals surface area contributed by atoms with Gasteiger partial charge in [0.25, 0.3) is 5.91 Å². The molecule has 2 rings (SSSR count). The van der Waals surface area contributed by atoms with Gasteiger partial charge in [0.2, 0.25) is 0 Å². The minimum absolute atomic E-state index is 0.345. The Labute approximate surface area is 149 Å². The van der Waals surface area contributed by atoms with Gasteiger partial charge in [0.15, 0.2) is 12.7 Å². The standard InChI is InChI=1S/C18H15ClN2O4/c1-12(18(23)21-15-6-2-4-13(8-15)10-20)25-17(22)11-24-16-7-3-5-14(19)9-16/h2-9,12H,11H2,1H3,(H,21,23)/t12-/m0/s1. The van der Waals surface area contributed by atoms with Crippen molar-refractivity contribution in [3.8, 4) is 11.8 Å². The Morgan fingerprint density at radius 1 is 1.24 bits per heavy atom. The summed E-state index contributed by atoms with van der Waals surface area (Å²) in [5.41, 5.74) is 0.861. The van der Waals surface area contributed by atoms with E-state index in [1.54, 1.807) is 42.5 Å². The first kappa shape index (κ1) is 18.3. The molecule has 0 aliphatic carbocycles. The SMILES string of the molecule is C[C@H](OC(=O)COc1cccc(Cl)c1)C(=O)Nc1cccc(C#N)c1. The van der Waals surface area contributed by atoms with Crippen LogP contribution in [-0.2, 0) is 14.3 Å². The Bertz CT molecular complexity index is 817. The predicted octanol–water partition coefficient (Wildman–Crippen LogP) is 3.16. The quantitative estimate of drug-likeness (QED) is 0.801. The average Bonchev–Trinajstić information content (AvgIpc) is 2.60. The summed E-state index contributed by atoms with van der Waals surface area (Å²) >= 11 is 5.82. The van der Waals surface area contributed by atoms with Crippen LogP contribution in [0.25, 0.3) is 0 Å². The molecule has 2 aromatic carbocycles. The molecule has 0 saturated heterocycles. The van der Waals surface area contributed by atoms with E-state index in [1.165, 1.54) is 13.0 Å². The van der Waals surface area contributed by atoms with E-state index < -0.39 is 18.0 Å². The van der Waals surface area contributed by atoms with Gasteiger partial charge in [0.05, 0.1) is 11.6 Å². The number of rotatable bonds is 6. The molecule has 0 aromatic heterocycles. The van der Waals surface area contributed by atoms with Crippen molar-refractivity contribution in [2.45, 2.75) is 13.0 Å². The maximum atomic E-state index is 12.0. The number of carbonyl (C=O) groups is 2. The molecule has 0 bridgehead atoms. The van der Waals surface area contributed by atoms with Crippen LogP contribution in [0.5, 0.6) is 5.75 Å². The van der Waals surface area contributed by atoms with Crippen LogP contribution in [-0.4, -0.2) is 24.6 Å². The maximum Gasteiger partial charge on any atom is 0.344 e. The van der Waals surface area contributed by atoms with Gasteiger partial charge < -0.3 is 14.8 Å². The molecule has 0 spiro atoms. The fourth-order valence-corrected chi connectivity index (χ4v) is 2.07. The summed E-state index contributed by atoms with van der Waals surface area (Å²) in [5.74, 6) is -0.769. The number of benzene rings is 2. The second kappa shape index (κ2) is 8.71. The molecule has 0 unspecified atom stereocenters. The third-order valence-corrected chi connectivity index (χ3v) is 3.32. The number of anilines is 1. The molecule has 0 heterocycles. The molecular weight excluding hydrogens is 344 g/mol. The minimum Gasteiger partial charge on any atom is -0.482 e. The van der Waals surface area contributed by atoms with E-state index in [-0.39, 0.29) is 6.61 Å². The highest BCUT2D eigenvalue weighted by molar-refractivity contribution is 6.30. The van der Waals surface area contributed by atoms with E-state index in [2.05, 4.69) is 5.32 Å². The molecule has 0 saturated carbocycles. The minimum atomic E-state index is -1.01. The summed E-state index contributed by atoms with van der Waals surface area (Å²) in [6, 6.07) is 15.0. The van der Waals surface area contributed by atoms with Gasteiger partial charge in [0.1, 0.15) is 5.75 Å². The molecule has 0 aliphatic rings. The first-order valence-corrected chi connectivity index (χ1v) is 7.74. The highest BCUT2D eigenvalue weighted by Crippen LogP contribution is 2.17. The summed E-state index contributed by atoms with van der Waals surface area (Å²) < 4.78 is 10.3. The Morgan fingerprint density at radius 3 is 2.72 bits per heavy atom. The van der Waals surface area contributed by atoms with Gasteiger partial charge in [-0.15, -0.1) is 0 Å². The van der Waals surface area contributed by atoms with Gasteiger partial charge >= 0.3 is 5.97 Å². The van der Waals surface area contributed by atoms with Crippen LogP contribution in [0.3, 0.4) is 0 Å². The lowest BCUT2D eigenvalue weighted by Gasteiger charge is -2.14. The monoisotopic (exact) mass is 358 g/mol. The fraction of sp³-hybridized carbons (Fsp3) is 0.167. The molecule has 0 fully saturated rings. The van der Waals surface area contributed by atoms with Crippen LogP contribution in [0.4, 0.5) is 5.69 Å². The number of hydrogen-bond donors (Lipinski definition) is 1. The van der Waals surface area contributed by atoms with Crippen molar-refractivity contribution in [3.63, 3.8) is 0 Å². The summed E-state index contributed by atoms with van der Waals surface area (Å²) in [7, 11) is 0. The fourth-order valence-electron chi connectivity index (χ4n) is 1.89. The van der Waals surface area contributed by atoms with Crippen LogP contribution < -0.4 is 10.1 Å². The Balaban J connectivity index is 1.83. The van der Waals surface area contributed by atoms with E-state index in [1.807, 2.05) is 6.07 Å². The molecule has 1 amide bonds. The molecule has 0 radical (unpaired) electrons. The second-order valence-electron chi connectivity index (χ2n) is 5.06. The van der Waals surface area contributed by atoms with E-state index in [0.29, 0.717) is 22.0 Å². The normalized spacial score (nSPS) is 11.1. The molecule has 1 atom stereocenters. The first-order chi connectivity index (χ1) is 12.0. The van der Waals surface area contributed by atoms with Gasteiger partial charge in [-0.3, -0.25) is 4.79 Å². The zero-order valence-electron chi connectivity index (χ0n) is 13.4. The van der Waals surface area contributed by atoms with Crippen molar-refractivity contribution in [1.82, 2.24) is 0 Å². The highest BCUT2D eigenvalue weighted by Gasteiger charge is 2.18. The number of hydrogen-bond acceptors (Lipinski definition) is 5. The van der Waals surface area contributed by atoms with Gasteiger partial charge in [-0.25, -0.2) is 4.79 Å². The number of ether oxygens (including phenoxy) is 2. The smallest absolute Gasteiger partial charge is 0.344 e. The molecule has 128 valence electrons. The third kappa shape index (κ3) is 5.83.